The number of ether oxygens (including phenoxy) is 3. The van der Waals surface area contributed by atoms with Crippen LogP contribution in [0.5, 0.6) is 5.75 Å². The van der Waals surface area contributed by atoms with Crippen molar-refractivity contribution in [2.45, 2.75) is 102 Å². The highest BCUT2D eigenvalue weighted by Crippen LogP contribution is 2.39. The molecule has 11 nitrogen and oxygen atoms in total. The number of rotatable bonds is 10. The second-order valence-corrected chi connectivity index (χ2v) is 14.4. The molecular formula is C39H50N6O5. The van der Waals surface area contributed by atoms with Crippen molar-refractivity contribution in [2.24, 2.45) is 11.8 Å². The Bertz CT molecular complexity index is 1640. The molecular weight excluding hydrogens is 632 g/mol. The number of aromatic nitrogens is 3. The molecule has 266 valence electrons. The van der Waals surface area contributed by atoms with Gasteiger partial charge in [0.05, 0.1) is 18.9 Å². The van der Waals surface area contributed by atoms with Gasteiger partial charge in [-0.3, -0.25) is 14.4 Å². The van der Waals surface area contributed by atoms with E-state index >= 15 is 0 Å². The van der Waals surface area contributed by atoms with Crippen LogP contribution in [0, 0.1) is 23.2 Å². The van der Waals surface area contributed by atoms with Crippen molar-refractivity contribution in [3.63, 3.8) is 0 Å². The SMILES string of the molecule is COc1ccc(C2CCC(CN(C(=O)C3CCC(OC(=O)NC4CCOCC4)CC3)c3cc(-c4cnn(C(C)C)c4)ccn3)CC2)cc1C#N. The molecule has 0 bridgehead atoms. The molecule has 2 amide bonds. The summed E-state index contributed by atoms with van der Waals surface area (Å²) in [4.78, 5) is 33.7. The summed E-state index contributed by atoms with van der Waals surface area (Å²) in [5.74, 6) is 1.88. The fourth-order valence-corrected chi connectivity index (χ4v) is 7.66. The summed E-state index contributed by atoms with van der Waals surface area (Å²) in [6.07, 6.45) is 13.3. The molecule has 11 heteroatoms. The van der Waals surface area contributed by atoms with Gasteiger partial charge in [0.25, 0.3) is 0 Å². The van der Waals surface area contributed by atoms with E-state index in [0.29, 0.717) is 74.4 Å². The fourth-order valence-electron chi connectivity index (χ4n) is 7.66. The predicted octanol–water partition coefficient (Wildman–Crippen LogP) is 7.18. The summed E-state index contributed by atoms with van der Waals surface area (Å²) in [6, 6.07) is 12.5. The molecule has 1 saturated heterocycles. The Morgan fingerprint density at radius 1 is 1.02 bits per heavy atom. The lowest BCUT2D eigenvalue weighted by molar-refractivity contribution is -0.124. The zero-order chi connectivity index (χ0) is 35.0. The number of benzene rings is 1. The second kappa shape index (κ2) is 16.5. The van der Waals surface area contributed by atoms with Crippen molar-refractivity contribution < 1.29 is 23.8 Å². The van der Waals surface area contributed by atoms with E-state index in [4.69, 9.17) is 19.2 Å². The van der Waals surface area contributed by atoms with Gasteiger partial charge in [0.2, 0.25) is 5.91 Å². The third-order valence-corrected chi connectivity index (χ3v) is 10.7. The Morgan fingerprint density at radius 3 is 2.46 bits per heavy atom. The van der Waals surface area contributed by atoms with Crippen molar-refractivity contribution in [3.8, 4) is 22.9 Å². The maximum absolute atomic E-state index is 14.4. The van der Waals surface area contributed by atoms with Crippen LogP contribution in [0.4, 0.5) is 10.6 Å². The molecule has 1 aliphatic heterocycles. The Kier molecular flexibility index (Phi) is 11.7. The largest absolute Gasteiger partial charge is 0.495 e. The molecule has 3 fully saturated rings. The normalized spacial score (nSPS) is 22.8. The topological polar surface area (TPSA) is 132 Å². The number of hydrogen-bond donors (Lipinski definition) is 1. The zero-order valence-electron chi connectivity index (χ0n) is 29.6. The first-order valence-corrected chi connectivity index (χ1v) is 18.3. The molecule has 3 aromatic rings. The van der Waals surface area contributed by atoms with Crippen LogP contribution in [-0.2, 0) is 14.3 Å². The second-order valence-electron chi connectivity index (χ2n) is 14.4. The first-order valence-electron chi connectivity index (χ1n) is 18.3. The van der Waals surface area contributed by atoms with E-state index in [-0.39, 0.29) is 36.1 Å². The number of nitrogens with zero attached hydrogens (tertiary/aromatic N) is 5. The molecule has 2 aromatic heterocycles. The van der Waals surface area contributed by atoms with Crippen molar-refractivity contribution in [1.82, 2.24) is 20.1 Å². The lowest BCUT2D eigenvalue weighted by Gasteiger charge is -2.36. The average Bonchev–Trinajstić information content (AvgIpc) is 3.66. The summed E-state index contributed by atoms with van der Waals surface area (Å²) >= 11 is 0. The summed E-state index contributed by atoms with van der Waals surface area (Å²) < 4.78 is 18.5. The van der Waals surface area contributed by atoms with Crippen LogP contribution in [-0.4, -0.2) is 65.8 Å². The molecule has 1 aromatic carbocycles. The van der Waals surface area contributed by atoms with Crippen molar-refractivity contribution >= 4 is 17.8 Å². The zero-order valence-corrected chi connectivity index (χ0v) is 29.6. The molecule has 0 unspecified atom stereocenters. The summed E-state index contributed by atoms with van der Waals surface area (Å²) in [6.45, 7) is 6.10. The van der Waals surface area contributed by atoms with Crippen LogP contribution < -0.4 is 15.0 Å². The van der Waals surface area contributed by atoms with Crippen LogP contribution in [0.15, 0.2) is 48.9 Å². The molecule has 2 saturated carbocycles. The van der Waals surface area contributed by atoms with Gasteiger partial charge in [-0.1, -0.05) is 6.07 Å². The van der Waals surface area contributed by atoms with E-state index in [2.05, 4.69) is 36.4 Å². The van der Waals surface area contributed by atoms with Gasteiger partial charge in [0, 0.05) is 55.7 Å². The smallest absolute Gasteiger partial charge is 0.407 e. The first kappa shape index (κ1) is 35.4. The average molecular weight is 683 g/mol. The van der Waals surface area contributed by atoms with Gasteiger partial charge >= 0.3 is 6.09 Å². The molecule has 0 atom stereocenters. The number of carbonyl (C=O) groups excluding carboxylic acids is 2. The third-order valence-electron chi connectivity index (χ3n) is 10.7. The molecule has 3 heterocycles. The number of pyridine rings is 1. The van der Waals surface area contributed by atoms with Crippen molar-refractivity contribution in [2.75, 3.05) is 31.8 Å². The standard InChI is InChI=1S/C39H50N6O5/c1-26(2)45-25-33(23-42-45)31-14-17-41-37(21-31)44(24-27-4-6-28(7-5-27)30-10-13-36(48-3)32(20-30)22-40)38(46)29-8-11-35(12-9-29)50-39(47)43-34-15-18-49-19-16-34/h10,13-14,17,20-21,23,25-29,34-35H,4-9,11-12,15-16,18-19,24H2,1-3H3,(H,43,47). The van der Waals surface area contributed by atoms with Gasteiger partial charge in [0.1, 0.15) is 23.7 Å². The van der Waals surface area contributed by atoms with E-state index in [0.717, 1.165) is 49.7 Å². The van der Waals surface area contributed by atoms with Crippen molar-refractivity contribution in [1.29, 1.82) is 5.26 Å². The number of methoxy groups -OCH3 is 1. The Morgan fingerprint density at radius 2 is 1.78 bits per heavy atom. The highest BCUT2D eigenvalue weighted by Gasteiger charge is 2.34. The van der Waals surface area contributed by atoms with Gasteiger partial charge in [-0.2, -0.15) is 10.4 Å². The molecule has 50 heavy (non-hydrogen) atoms. The number of anilines is 1. The summed E-state index contributed by atoms with van der Waals surface area (Å²) in [5.41, 5.74) is 3.70. The van der Waals surface area contributed by atoms with Gasteiger partial charge in [-0.25, -0.2) is 9.78 Å². The molecule has 2 aliphatic carbocycles. The highest BCUT2D eigenvalue weighted by atomic mass is 16.6. The number of carbonyl (C=O) groups is 2. The van der Waals surface area contributed by atoms with E-state index in [1.54, 1.807) is 13.3 Å². The van der Waals surface area contributed by atoms with Crippen LogP contribution in [0.3, 0.4) is 0 Å². The van der Waals surface area contributed by atoms with E-state index in [1.165, 1.54) is 5.56 Å². The van der Waals surface area contributed by atoms with Crippen molar-refractivity contribution in [3.05, 3.63) is 60.0 Å². The molecule has 6 rings (SSSR count). The third kappa shape index (κ3) is 8.64. The lowest BCUT2D eigenvalue weighted by atomic mass is 9.78. The predicted molar refractivity (Wildman–Crippen MR) is 190 cm³/mol. The molecule has 3 aliphatic rings. The maximum atomic E-state index is 14.4. The van der Waals surface area contributed by atoms with Crippen LogP contribution in [0.1, 0.15) is 101 Å². The Hall–Kier alpha value is -4.43. The van der Waals surface area contributed by atoms with Crippen LogP contribution in [0.25, 0.3) is 11.1 Å². The molecule has 0 radical (unpaired) electrons. The first-order chi connectivity index (χ1) is 24.3. The highest BCUT2D eigenvalue weighted by molar-refractivity contribution is 5.94. The van der Waals surface area contributed by atoms with Gasteiger partial charge in [-0.05, 0) is 125 Å². The number of hydrogen-bond acceptors (Lipinski definition) is 8. The van der Waals surface area contributed by atoms with Gasteiger partial charge in [0.15, 0.2) is 0 Å². The minimum Gasteiger partial charge on any atom is -0.495 e. The monoisotopic (exact) mass is 682 g/mol. The molecule has 1 N–H and O–H groups in total. The lowest BCUT2D eigenvalue weighted by Crippen LogP contribution is -2.43. The van der Waals surface area contributed by atoms with Gasteiger partial charge in [-0.15, -0.1) is 0 Å². The van der Waals surface area contributed by atoms with E-state index in [9.17, 15) is 14.9 Å². The number of nitriles is 1. The quantitative estimate of drug-likeness (QED) is 0.238. The molecule has 0 spiro atoms. The number of nitrogens with one attached hydrogen (secondary N) is 1. The van der Waals surface area contributed by atoms with Crippen LogP contribution in [0.2, 0.25) is 0 Å². The van der Waals surface area contributed by atoms with E-state index in [1.807, 2.05) is 46.2 Å². The minimum absolute atomic E-state index is 0.0898. The number of amides is 2. The van der Waals surface area contributed by atoms with Gasteiger partial charge < -0.3 is 19.5 Å². The summed E-state index contributed by atoms with van der Waals surface area (Å²) in [7, 11) is 1.59. The Balaban J connectivity index is 1.13. The van der Waals surface area contributed by atoms with E-state index < -0.39 is 0 Å². The van der Waals surface area contributed by atoms with Crippen LogP contribution >= 0.6 is 0 Å². The fraction of sp³-hybridized carbons (Fsp3) is 0.564. The maximum Gasteiger partial charge on any atom is 0.407 e. The number of alkyl carbamates (subject to hydrolysis) is 1. The minimum atomic E-state index is -0.371. The summed E-state index contributed by atoms with van der Waals surface area (Å²) in [5, 5.41) is 17.1. The Labute approximate surface area is 295 Å².